The Morgan fingerprint density at radius 3 is 2.79 bits per heavy atom. The molecule has 0 amide bonds. The number of nitrogens with zero attached hydrogens (tertiary/aromatic N) is 1. The summed E-state index contributed by atoms with van der Waals surface area (Å²) in [5.41, 5.74) is 1.82. The molecule has 2 aromatic carbocycles. The second-order valence-corrected chi connectivity index (χ2v) is 4.55. The first-order valence-electron chi connectivity index (χ1n) is 6.22. The Hall–Kier alpha value is -2.36. The van der Waals surface area contributed by atoms with Gasteiger partial charge in [-0.2, -0.15) is 0 Å². The van der Waals surface area contributed by atoms with Crippen LogP contribution in [0.25, 0.3) is 0 Å². The molecule has 1 aliphatic rings. The summed E-state index contributed by atoms with van der Waals surface area (Å²) < 4.78 is 5.60. The smallest absolute Gasteiger partial charge is 0.142 e. The molecule has 0 unspecified atom stereocenters. The zero-order valence-corrected chi connectivity index (χ0v) is 10.4. The summed E-state index contributed by atoms with van der Waals surface area (Å²) in [6, 6.07) is 12.5. The molecule has 2 aromatic rings. The maximum atomic E-state index is 9.85. The Bertz CT molecular complexity index is 598. The van der Waals surface area contributed by atoms with Gasteiger partial charge < -0.3 is 19.8 Å². The van der Waals surface area contributed by atoms with Crippen molar-refractivity contribution in [3.8, 4) is 17.2 Å². The molecule has 1 aliphatic heterocycles. The fourth-order valence-electron chi connectivity index (χ4n) is 2.28. The van der Waals surface area contributed by atoms with E-state index in [1.807, 2.05) is 24.3 Å². The van der Waals surface area contributed by atoms with E-state index in [1.54, 1.807) is 12.1 Å². The minimum Gasteiger partial charge on any atom is -0.508 e. The SMILES string of the molecule is Oc1ccc(CN2CCOc3ccccc32)c(O)c1. The van der Waals surface area contributed by atoms with Crippen LogP contribution in [0.4, 0.5) is 5.69 Å². The number of phenols is 2. The van der Waals surface area contributed by atoms with Crippen LogP contribution < -0.4 is 9.64 Å². The maximum absolute atomic E-state index is 9.85. The normalized spacial score (nSPS) is 13.8. The Balaban J connectivity index is 1.88. The average Bonchev–Trinajstić information content (AvgIpc) is 2.42. The molecular formula is C15H15NO3. The number of aromatic hydroxyl groups is 2. The first-order valence-corrected chi connectivity index (χ1v) is 6.22. The summed E-state index contributed by atoms with van der Waals surface area (Å²) in [6.45, 7) is 2.00. The van der Waals surface area contributed by atoms with Gasteiger partial charge in [0.25, 0.3) is 0 Å². The third-order valence-electron chi connectivity index (χ3n) is 3.25. The average molecular weight is 257 g/mol. The van der Waals surface area contributed by atoms with Gasteiger partial charge in [-0.3, -0.25) is 0 Å². The molecule has 4 heteroatoms. The van der Waals surface area contributed by atoms with Crippen LogP contribution in [0.3, 0.4) is 0 Å². The molecule has 0 aromatic heterocycles. The fraction of sp³-hybridized carbons (Fsp3) is 0.200. The molecule has 98 valence electrons. The maximum Gasteiger partial charge on any atom is 0.142 e. The van der Waals surface area contributed by atoms with Gasteiger partial charge in [0.05, 0.1) is 12.2 Å². The predicted molar refractivity (Wildman–Crippen MR) is 72.8 cm³/mol. The largest absolute Gasteiger partial charge is 0.508 e. The number of hydrogen-bond donors (Lipinski definition) is 2. The van der Waals surface area contributed by atoms with E-state index in [0.29, 0.717) is 13.2 Å². The first-order chi connectivity index (χ1) is 9.24. The predicted octanol–water partition coefficient (Wildman–Crippen LogP) is 2.50. The molecule has 4 nitrogen and oxygen atoms in total. The van der Waals surface area contributed by atoms with Crippen LogP contribution in [-0.4, -0.2) is 23.4 Å². The molecule has 0 radical (unpaired) electrons. The van der Waals surface area contributed by atoms with Gasteiger partial charge in [-0.05, 0) is 24.3 Å². The molecule has 0 saturated carbocycles. The van der Waals surface area contributed by atoms with Crippen LogP contribution in [0.15, 0.2) is 42.5 Å². The Kier molecular flexibility index (Phi) is 2.91. The second-order valence-electron chi connectivity index (χ2n) is 4.55. The van der Waals surface area contributed by atoms with Crippen molar-refractivity contribution < 1.29 is 14.9 Å². The molecule has 2 N–H and O–H groups in total. The fourth-order valence-corrected chi connectivity index (χ4v) is 2.28. The van der Waals surface area contributed by atoms with Gasteiger partial charge in [-0.15, -0.1) is 0 Å². The topological polar surface area (TPSA) is 52.9 Å². The highest BCUT2D eigenvalue weighted by atomic mass is 16.5. The number of para-hydroxylation sites is 2. The van der Waals surface area contributed by atoms with Crippen molar-refractivity contribution in [3.63, 3.8) is 0 Å². The highest BCUT2D eigenvalue weighted by Crippen LogP contribution is 2.33. The first kappa shape index (κ1) is 11.7. The Morgan fingerprint density at radius 2 is 1.95 bits per heavy atom. The number of phenolic OH excluding ortho intramolecular Hbond substituents is 2. The van der Waals surface area contributed by atoms with Gasteiger partial charge in [-0.25, -0.2) is 0 Å². The van der Waals surface area contributed by atoms with Crippen molar-refractivity contribution >= 4 is 5.69 Å². The lowest BCUT2D eigenvalue weighted by Crippen LogP contribution is -2.32. The van der Waals surface area contributed by atoms with Crippen LogP contribution in [0.2, 0.25) is 0 Å². The summed E-state index contributed by atoms with van der Waals surface area (Å²) in [6.07, 6.45) is 0. The van der Waals surface area contributed by atoms with Crippen molar-refractivity contribution in [2.75, 3.05) is 18.1 Å². The number of anilines is 1. The number of hydrogen-bond acceptors (Lipinski definition) is 4. The van der Waals surface area contributed by atoms with Crippen molar-refractivity contribution in [1.82, 2.24) is 0 Å². The minimum atomic E-state index is 0.0728. The molecule has 1 heterocycles. The van der Waals surface area contributed by atoms with Crippen molar-refractivity contribution in [3.05, 3.63) is 48.0 Å². The standard InChI is InChI=1S/C15H15NO3/c17-12-6-5-11(14(18)9-12)10-16-7-8-19-15-4-2-1-3-13(15)16/h1-6,9,17-18H,7-8,10H2. The van der Waals surface area contributed by atoms with Gasteiger partial charge >= 0.3 is 0 Å². The molecule has 19 heavy (non-hydrogen) atoms. The zero-order valence-electron chi connectivity index (χ0n) is 10.4. The van der Waals surface area contributed by atoms with E-state index in [1.165, 1.54) is 6.07 Å². The number of ether oxygens (including phenoxy) is 1. The van der Waals surface area contributed by atoms with Crippen LogP contribution in [0.1, 0.15) is 5.56 Å². The van der Waals surface area contributed by atoms with E-state index < -0.39 is 0 Å². The third kappa shape index (κ3) is 2.29. The second kappa shape index (κ2) is 4.72. The van der Waals surface area contributed by atoms with Gasteiger partial charge in [-0.1, -0.05) is 12.1 Å². The molecule has 0 saturated heterocycles. The van der Waals surface area contributed by atoms with E-state index in [0.717, 1.165) is 23.5 Å². The van der Waals surface area contributed by atoms with E-state index in [4.69, 9.17) is 4.74 Å². The monoisotopic (exact) mass is 257 g/mol. The third-order valence-corrected chi connectivity index (χ3v) is 3.25. The van der Waals surface area contributed by atoms with Crippen LogP contribution in [0, 0.1) is 0 Å². The highest BCUT2D eigenvalue weighted by Gasteiger charge is 2.18. The molecule has 0 bridgehead atoms. The number of benzene rings is 2. The lowest BCUT2D eigenvalue weighted by Gasteiger charge is -2.31. The minimum absolute atomic E-state index is 0.0728. The lowest BCUT2D eigenvalue weighted by molar-refractivity contribution is 0.306. The van der Waals surface area contributed by atoms with E-state index in [9.17, 15) is 10.2 Å². The zero-order chi connectivity index (χ0) is 13.2. The van der Waals surface area contributed by atoms with Gasteiger partial charge in [0, 0.05) is 18.2 Å². The van der Waals surface area contributed by atoms with Crippen molar-refractivity contribution in [2.24, 2.45) is 0 Å². The Labute approximate surface area is 111 Å². The lowest BCUT2D eigenvalue weighted by atomic mass is 10.1. The quantitative estimate of drug-likeness (QED) is 0.868. The van der Waals surface area contributed by atoms with Crippen LogP contribution >= 0.6 is 0 Å². The van der Waals surface area contributed by atoms with Gasteiger partial charge in [0.15, 0.2) is 0 Å². The molecule has 0 aliphatic carbocycles. The van der Waals surface area contributed by atoms with E-state index in [2.05, 4.69) is 4.90 Å². The molecule has 3 rings (SSSR count). The number of rotatable bonds is 2. The molecular weight excluding hydrogens is 242 g/mol. The molecule has 0 atom stereocenters. The van der Waals surface area contributed by atoms with Crippen molar-refractivity contribution in [1.29, 1.82) is 0 Å². The molecule has 0 fully saturated rings. The highest BCUT2D eigenvalue weighted by molar-refractivity contribution is 5.60. The van der Waals surface area contributed by atoms with Gasteiger partial charge in [0.1, 0.15) is 23.9 Å². The summed E-state index contributed by atoms with van der Waals surface area (Å²) in [5, 5.41) is 19.2. The Morgan fingerprint density at radius 1 is 1.11 bits per heavy atom. The summed E-state index contributed by atoms with van der Waals surface area (Å²) in [5.74, 6) is 1.06. The van der Waals surface area contributed by atoms with E-state index in [-0.39, 0.29) is 11.5 Å². The van der Waals surface area contributed by atoms with Crippen molar-refractivity contribution in [2.45, 2.75) is 6.54 Å². The summed E-state index contributed by atoms with van der Waals surface area (Å²) in [7, 11) is 0. The summed E-state index contributed by atoms with van der Waals surface area (Å²) >= 11 is 0. The molecule has 0 spiro atoms. The van der Waals surface area contributed by atoms with E-state index >= 15 is 0 Å². The van der Waals surface area contributed by atoms with Gasteiger partial charge in [0.2, 0.25) is 0 Å². The number of fused-ring (bicyclic) bond motifs is 1. The summed E-state index contributed by atoms with van der Waals surface area (Å²) in [4.78, 5) is 2.16. The van der Waals surface area contributed by atoms with Crippen LogP contribution in [0.5, 0.6) is 17.2 Å². The van der Waals surface area contributed by atoms with Crippen LogP contribution in [-0.2, 0) is 6.54 Å².